The third-order valence-electron chi connectivity index (χ3n) is 4.83. The first kappa shape index (κ1) is 18.9. The molecule has 1 fully saturated rings. The number of rotatable bonds is 5. The van der Waals surface area contributed by atoms with Crippen molar-refractivity contribution in [2.45, 2.75) is 13.5 Å². The Morgan fingerprint density at radius 2 is 1.72 bits per heavy atom. The van der Waals surface area contributed by atoms with Crippen LogP contribution in [0.1, 0.15) is 11.1 Å². The fraction of sp³-hybridized carbons (Fsp3) is 0.136. The molecule has 0 aromatic heterocycles. The predicted octanol–water partition coefficient (Wildman–Crippen LogP) is 4.18. The number of halogens is 1. The number of ether oxygens (including phenoxy) is 1. The van der Waals surface area contributed by atoms with Crippen molar-refractivity contribution in [2.24, 2.45) is 0 Å². The third-order valence-corrected chi connectivity index (χ3v) is 4.83. The standard InChI is InChI=1S/C22H21FN4O2/c1-15-5-3-8-21(27-22(28)26(2)24-25-27)20(15)14-29-19-7-4-6-17(13-19)16-9-11-18(23)12-10-16/h3-13,24-25H,14H2,1-2H3. The summed E-state index contributed by atoms with van der Waals surface area (Å²) in [6.07, 6.45) is 0. The number of urea groups is 1. The van der Waals surface area contributed by atoms with Crippen LogP contribution in [0.5, 0.6) is 5.75 Å². The van der Waals surface area contributed by atoms with Gasteiger partial charge in [0.2, 0.25) is 0 Å². The first-order valence-electron chi connectivity index (χ1n) is 9.19. The summed E-state index contributed by atoms with van der Waals surface area (Å²) in [6, 6.07) is 19.5. The van der Waals surface area contributed by atoms with Crippen LogP contribution >= 0.6 is 0 Å². The van der Waals surface area contributed by atoms with Gasteiger partial charge in [-0.2, -0.15) is 0 Å². The lowest BCUT2D eigenvalue weighted by atomic mass is 10.1. The van der Waals surface area contributed by atoms with Crippen LogP contribution in [0.25, 0.3) is 11.1 Å². The zero-order chi connectivity index (χ0) is 20.4. The van der Waals surface area contributed by atoms with E-state index in [-0.39, 0.29) is 11.8 Å². The minimum Gasteiger partial charge on any atom is -0.489 e. The molecule has 0 bridgehead atoms. The Bertz CT molecular complexity index is 1040. The van der Waals surface area contributed by atoms with Crippen LogP contribution in [0.15, 0.2) is 66.7 Å². The number of hydrogen-bond acceptors (Lipinski definition) is 4. The van der Waals surface area contributed by atoms with Crippen molar-refractivity contribution in [2.75, 3.05) is 12.1 Å². The molecule has 2 amide bonds. The van der Waals surface area contributed by atoms with Crippen LogP contribution in [0, 0.1) is 12.7 Å². The zero-order valence-electron chi connectivity index (χ0n) is 16.1. The van der Waals surface area contributed by atoms with Crippen molar-refractivity contribution in [3.63, 3.8) is 0 Å². The molecule has 148 valence electrons. The topological polar surface area (TPSA) is 56.8 Å². The van der Waals surface area contributed by atoms with Gasteiger partial charge in [0, 0.05) is 12.6 Å². The lowest BCUT2D eigenvalue weighted by Crippen LogP contribution is -2.38. The Morgan fingerprint density at radius 1 is 0.966 bits per heavy atom. The summed E-state index contributed by atoms with van der Waals surface area (Å²) in [5.74, 6) is 0.426. The van der Waals surface area contributed by atoms with Gasteiger partial charge in [0.15, 0.2) is 0 Å². The second-order valence-electron chi connectivity index (χ2n) is 6.80. The molecule has 0 spiro atoms. The molecule has 0 saturated carbocycles. The molecule has 0 unspecified atom stereocenters. The van der Waals surface area contributed by atoms with Crippen molar-refractivity contribution < 1.29 is 13.9 Å². The highest BCUT2D eigenvalue weighted by Crippen LogP contribution is 2.28. The molecule has 1 heterocycles. The molecule has 3 aromatic carbocycles. The van der Waals surface area contributed by atoms with E-state index in [1.165, 1.54) is 22.2 Å². The number of carbonyl (C=O) groups is 1. The molecule has 1 saturated heterocycles. The van der Waals surface area contributed by atoms with Gasteiger partial charge in [-0.15, -0.1) is 11.1 Å². The van der Waals surface area contributed by atoms with Gasteiger partial charge in [0.25, 0.3) is 0 Å². The summed E-state index contributed by atoms with van der Waals surface area (Å²) in [5.41, 5.74) is 10.1. The van der Waals surface area contributed by atoms with Gasteiger partial charge in [-0.25, -0.2) is 19.2 Å². The summed E-state index contributed by atoms with van der Waals surface area (Å²) in [7, 11) is 1.64. The minimum absolute atomic E-state index is 0.213. The van der Waals surface area contributed by atoms with E-state index in [1.807, 2.05) is 49.4 Å². The van der Waals surface area contributed by atoms with Crippen molar-refractivity contribution >= 4 is 11.7 Å². The number of nitrogens with zero attached hydrogens (tertiary/aromatic N) is 2. The van der Waals surface area contributed by atoms with Crippen molar-refractivity contribution in [3.05, 3.63) is 83.7 Å². The number of carbonyl (C=O) groups excluding carboxylic acids is 1. The highest BCUT2D eigenvalue weighted by atomic mass is 19.1. The molecule has 2 N–H and O–H groups in total. The number of aryl methyl sites for hydroxylation is 1. The summed E-state index contributed by atoms with van der Waals surface area (Å²) >= 11 is 0. The predicted molar refractivity (Wildman–Crippen MR) is 109 cm³/mol. The molecule has 0 aliphatic carbocycles. The first-order chi connectivity index (χ1) is 14.0. The van der Waals surface area contributed by atoms with E-state index in [9.17, 15) is 9.18 Å². The molecule has 0 radical (unpaired) electrons. The lowest BCUT2D eigenvalue weighted by Gasteiger charge is -2.20. The maximum absolute atomic E-state index is 13.2. The van der Waals surface area contributed by atoms with Gasteiger partial charge in [0.1, 0.15) is 18.2 Å². The van der Waals surface area contributed by atoms with E-state index >= 15 is 0 Å². The SMILES string of the molecule is Cc1cccc(N2NNN(C)C2=O)c1COc1cccc(-c2ccc(F)cc2)c1. The number of hydrogen-bond donors (Lipinski definition) is 2. The fourth-order valence-electron chi connectivity index (χ4n) is 3.18. The van der Waals surface area contributed by atoms with Crippen LogP contribution < -0.4 is 20.8 Å². The van der Waals surface area contributed by atoms with Crippen LogP contribution in [-0.4, -0.2) is 18.1 Å². The largest absolute Gasteiger partial charge is 0.489 e. The zero-order valence-corrected chi connectivity index (χ0v) is 16.1. The fourth-order valence-corrected chi connectivity index (χ4v) is 3.18. The first-order valence-corrected chi connectivity index (χ1v) is 9.19. The second kappa shape index (κ2) is 7.90. The molecule has 4 rings (SSSR count). The quantitative estimate of drug-likeness (QED) is 0.684. The molecule has 6 nitrogen and oxygen atoms in total. The van der Waals surface area contributed by atoms with Gasteiger partial charge >= 0.3 is 6.03 Å². The molecule has 3 aromatic rings. The van der Waals surface area contributed by atoms with E-state index in [1.54, 1.807) is 19.2 Å². The average Bonchev–Trinajstić information content (AvgIpc) is 3.06. The van der Waals surface area contributed by atoms with Crippen molar-refractivity contribution in [3.8, 4) is 16.9 Å². The summed E-state index contributed by atoms with van der Waals surface area (Å²) in [6.45, 7) is 2.28. The molecular weight excluding hydrogens is 371 g/mol. The summed E-state index contributed by atoms with van der Waals surface area (Å²) in [4.78, 5) is 12.3. The smallest absolute Gasteiger partial charge is 0.355 e. The van der Waals surface area contributed by atoms with Gasteiger partial charge in [-0.1, -0.05) is 36.4 Å². The van der Waals surface area contributed by atoms with Crippen LogP contribution in [0.4, 0.5) is 14.9 Å². The van der Waals surface area contributed by atoms with Gasteiger partial charge in [-0.3, -0.25) is 0 Å². The summed E-state index contributed by atoms with van der Waals surface area (Å²) < 4.78 is 19.2. The maximum Gasteiger partial charge on any atom is 0.355 e. The van der Waals surface area contributed by atoms with E-state index in [0.29, 0.717) is 12.4 Å². The molecule has 0 atom stereocenters. The number of nitrogens with one attached hydrogen (secondary N) is 2. The Kier molecular flexibility index (Phi) is 5.16. The monoisotopic (exact) mass is 392 g/mol. The molecule has 7 heteroatoms. The Balaban J connectivity index is 1.56. The third kappa shape index (κ3) is 3.91. The number of anilines is 1. The van der Waals surface area contributed by atoms with Crippen LogP contribution in [0.3, 0.4) is 0 Å². The Labute approximate surface area is 168 Å². The Morgan fingerprint density at radius 3 is 2.45 bits per heavy atom. The summed E-state index contributed by atoms with van der Waals surface area (Å²) in [5, 5.41) is 2.81. The normalized spacial score (nSPS) is 13.8. The molecule has 1 aliphatic heterocycles. The Hall–Kier alpha value is -3.42. The molecule has 1 aliphatic rings. The van der Waals surface area contributed by atoms with Gasteiger partial charge in [-0.05, 0) is 53.9 Å². The highest BCUT2D eigenvalue weighted by molar-refractivity contribution is 5.92. The lowest BCUT2D eigenvalue weighted by molar-refractivity contribution is 0.214. The maximum atomic E-state index is 13.2. The van der Waals surface area contributed by atoms with E-state index < -0.39 is 0 Å². The number of amides is 2. The van der Waals surface area contributed by atoms with E-state index in [2.05, 4.69) is 11.1 Å². The average molecular weight is 392 g/mol. The van der Waals surface area contributed by atoms with Crippen molar-refractivity contribution in [1.29, 1.82) is 0 Å². The number of hydrazine groups is 3. The van der Waals surface area contributed by atoms with E-state index in [0.717, 1.165) is 27.9 Å². The van der Waals surface area contributed by atoms with Gasteiger partial charge in [0.05, 0.1) is 5.69 Å². The van der Waals surface area contributed by atoms with Crippen LogP contribution in [0.2, 0.25) is 0 Å². The van der Waals surface area contributed by atoms with Crippen molar-refractivity contribution in [1.82, 2.24) is 16.1 Å². The minimum atomic E-state index is -0.265. The van der Waals surface area contributed by atoms with Crippen LogP contribution in [-0.2, 0) is 6.61 Å². The van der Waals surface area contributed by atoms with Gasteiger partial charge < -0.3 is 4.74 Å². The van der Waals surface area contributed by atoms with E-state index in [4.69, 9.17) is 4.74 Å². The molecular formula is C22H21FN4O2. The molecule has 29 heavy (non-hydrogen) atoms. The highest BCUT2D eigenvalue weighted by Gasteiger charge is 2.28. The second-order valence-corrected chi connectivity index (χ2v) is 6.80. The number of benzene rings is 3.